The first kappa shape index (κ1) is 7.86. The predicted octanol–water partition coefficient (Wildman–Crippen LogP) is -0.359. The van der Waals surface area contributed by atoms with E-state index in [9.17, 15) is 0 Å². The Bertz CT molecular complexity index is 153. The monoisotopic (exact) mass is 173 g/mol. The number of nitrogens with two attached hydrogens (primary N) is 1. The Morgan fingerprint density at radius 3 is 2.73 bits per heavy atom. The summed E-state index contributed by atoms with van der Waals surface area (Å²) in [5.74, 6) is 0. The van der Waals surface area contributed by atoms with Gasteiger partial charge in [-0.1, -0.05) is 0 Å². The fraction of sp³-hybridized carbons (Fsp3) is 1.00. The molecule has 1 aliphatic carbocycles. The van der Waals surface area contributed by atoms with Crippen molar-refractivity contribution in [3.63, 3.8) is 0 Å². The molecule has 3 nitrogen and oxygen atoms in total. The van der Waals surface area contributed by atoms with E-state index in [1.807, 2.05) is 0 Å². The quantitative estimate of drug-likeness (QED) is 0.378. The first-order chi connectivity index (χ1) is 5.25. The van der Waals surface area contributed by atoms with E-state index in [1.54, 1.807) is 0 Å². The van der Waals surface area contributed by atoms with Gasteiger partial charge in [-0.2, -0.15) is 0 Å². The van der Waals surface area contributed by atoms with Crippen molar-refractivity contribution in [2.45, 2.75) is 42.9 Å². The molecule has 0 bridgehead atoms. The zero-order chi connectivity index (χ0) is 7.84. The van der Waals surface area contributed by atoms with Gasteiger partial charge in [0, 0.05) is 18.1 Å². The molecule has 0 spiro atoms. The van der Waals surface area contributed by atoms with Gasteiger partial charge in [0.25, 0.3) is 0 Å². The van der Waals surface area contributed by atoms with Gasteiger partial charge >= 0.3 is 0 Å². The van der Waals surface area contributed by atoms with Gasteiger partial charge in [0.1, 0.15) is 5.50 Å². The number of thiol groups is 1. The molecule has 4 N–H and O–H groups in total. The van der Waals surface area contributed by atoms with Gasteiger partial charge < -0.3 is 5.73 Å². The van der Waals surface area contributed by atoms with Gasteiger partial charge in [0.2, 0.25) is 0 Å². The molecule has 0 aromatic rings. The van der Waals surface area contributed by atoms with Crippen LogP contribution in [0.2, 0.25) is 0 Å². The molecule has 1 saturated heterocycles. The van der Waals surface area contributed by atoms with Crippen LogP contribution in [0.4, 0.5) is 0 Å². The van der Waals surface area contributed by atoms with Gasteiger partial charge in [0.15, 0.2) is 0 Å². The Hall–Kier alpha value is 0.230. The topological polar surface area (TPSA) is 50.1 Å². The van der Waals surface area contributed by atoms with Crippen LogP contribution in [0.1, 0.15) is 19.3 Å². The van der Waals surface area contributed by atoms with Crippen LogP contribution < -0.4 is 16.4 Å². The lowest BCUT2D eigenvalue weighted by Crippen LogP contribution is -2.44. The summed E-state index contributed by atoms with van der Waals surface area (Å²) in [5, 5.41) is 6.73. The van der Waals surface area contributed by atoms with Gasteiger partial charge in [0.05, 0.1) is 0 Å². The molecule has 0 aromatic carbocycles. The third-order valence-corrected chi connectivity index (χ3v) is 2.93. The molecule has 1 saturated carbocycles. The average Bonchev–Trinajstić information content (AvgIpc) is 2.27. The Morgan fingerprint density at radius 2 is 1.91 bits per heavy atom. The van der Waals surface area contributed by atoms with E-state index < -0.39 is 0 Å². The predicted molar refractivity (Wildman–Crippen MR) is 48.4 cm³/mol. The zero-order valence-corrected chi connectivity index (χ0v) is 7.35. The standard InChI is InChI=1S/C7H15N3S/c8-4-1-2-5-6(3-4)10-7(11)9-5/h4-7,9-11H,1-3,8H2. The minimum absolute atomic E-state index is 0.176. The molecule has 1 aliphatic heterocycles. The van der Waals surface area contributed by atoms with Crippen molar-refractivity contribution < 1.29 is 0 Å². The normalized spacial score (nSPS) is 50.7. The maximum Gasteiger partial charge on any atom is 0.103 e. The summed E-state index contributed by atoms with van der Waals surface area (Å²) in [6, 6.07) is 1.56. The number of rotatable bonds is 0. The fourth-order valence-electron chi connectivity index (χ4n) is 2.04. The Labute approximate surface area is 72.5 Å². The fourth-order valence-corrected chi connectivity index (χ4v) is 2.42. The zero-order valence-electron chi connectivity index (χ0n) is 6.46. The lowest BCUT2D eigenvalue weighted by atomic mass is 9.88. The Kier molecular flexibility index (Phi) is 2.10. The van der Waals surface area contributed by atoms with Crippen LogP contribution in [0.25, 0.3) is 0 Å². The summed E-state index contributed by atoms with van der Waals surface area (Å²) in [6.07, 6.45) is 3.43. The van der Waals surface area contributed by atoms with Crippen LogP contribution in [0.3, 0.4) is 0 Å². The molecule has 0 amide bonds. The summed E-state index contributed by atoms with van der Waals surface area (Å²) >= 11 is 4.31. The SMILES string of the molecule is NC1CCC2NC(S)NC2C1. The van der Waals surface area contributed by atoms with Crippen LogP contribution in [0.5, 0.6) is 0 Å². The second-order valence-corrected chi connectivity index (χ2v) is 4.04. The summed E-state index contributed by atoms with van der Waals surface area (Å²) in [5.41, 5.74) is 6.02. The minimum Gasteiger partial charge on any atom is -0.328 e. The largest absolute Gasteiger partial charge is 0.328 e. The molecular formula is C7H15N3S. The molecule has 2 aliphatic rings. The third-order valence-electron chi connectivity index (χ3n) is 2.63. The highest BCUT2D eigenvalue weighted by Gasteiger charge is 2.35. The van der Waals surface area contributed by atoms with E-state index in [-0.39, 0.29) is 5.50 Å². The number of hydrogen-bond donors (Lipinski definition) is 4. The highest BCUT2D eigenvalue weighted by Crippen LogP contribution is 2.22. The molecule has 2 rings (SSSR count). The molecule has 4 atom stereocenters. The maximum absolute atomic E-state index is 5.84. The van der Waals surface area contributed by atoms with E-state index in [4.69, 9.17) is 5.73 Å². The van der Waals surface area contributed by atoms with Crippen molar-refractivity contribution in [1.82, 2.24) is 10.6 Å². The number of nitrogens with one attached hydrogen (secondary N) is 2. The second kappa shape index (κ2) is 2.94. The third kappa shape index (κ3) is 1.54. The Balaban J connectivity index is 1.97. The molecule has 4 heteroatoms. The van der Waals surface area contributed by atoms with Crippen molar-refractivity contribution in [2.24, 2.45) is 5.73 Å². The van der Waals surface area contributed by atoms with Crippen LogP contribution in [0, 0.1) is 0 Å². The molecule has 64 valence electrons. The molecule has 4 unspecified atom stereocenters. The summed E-state index contributed by atoms with van der Waals surface area (Å²) in [4.78, 5) is 0. The molecule has 2 fully saturated rings. The minimum atomic E-state index is 0.176. The Morgan fingerprint density at radius 1 is 1.18 bits per heavy atom. The smallest absolute Gasteiger partial charge is 0.103 e. The van der Waals surface area contributed by atoms with Crippen molar-refractivity contribution in [2.75, 3.05) is 0 Å². The van der Waals surface area contributed by atoms with Gasteiger partial charge in [-0.25, -0.2) is 0 Å². The van der Waals surface area contributed by atoms with Crippen LogP contribution in [0.15, 0.2) is 0 Å². The summed E-state index contributed by atoms with van der Waals surface area (Å²) < 4.78 is 0. The van der Waals surface area contributed by atoms with Gasteiger partial charge in [-0.3, -0.25) is 10.6 Å². The van der Waals surface area contributed by atoms with Crippen molar-refractivity contribution in [1.29, 1.82) is 0 Å². The molecular weight excluding hydrogens is 158 g/mol. The van der Waals surface area contributed by atoms with E-state index in [0.717, 1.165) is 12.8 Å². The van der Waals surface area contributed by atoms with Crippen LogP contribution >= 0.6 is 12.6 Å². The van der Waals surface area contributed by atoms with E-state index in [2.05, 4.69) is 23.3 Å². The first-order valence-corrected chi connectivity index (χ1v) is 4.73. The van der Waals surface area contributed by atoms with Crippen LogP contribution in [-0.2, 0) is 0 Å². The highest BCUT2D eigenvalue weighted by molar-refractivity contribution is 7.80. The highest BCUT2D eigenvalue weighted by atomic mass is 32.1. The van der Waals surface area contributed by atoms with Crippen LogP contribution in [-0.4, -0.2) is 23.6 Å². The van der Waals surface area contributed by atoms with Crippen molar-refractivity contribution >= 4 is 12.6 Å². The van der Waals surface area contributed by atoms with Crippen molar-refractivity contribution in [3.05, 3.63) is 0 Å². The van der Waals surface area contributed by atoms with Crippen molar-refractivity contribution in [3.8, 4) is 0 Å². The summed E-state index contributed by atoms with van der Waals surface area (Å²) in [6.45, 7) is 0. The lowest BCUT2D eigenvalue weighted by molar-refractivity contribution is 0.338. The molecule has 0 aromatic heterocycles. The lowest BCUT2D eigenvalue weighted by Gasteiger charge is -2.28. The number of hydrogen-bond acceptors (Lipinski definition) is 4. The summed E-state index contributed by atoms with van der Waals surface area (Å²) in [7, 11) is 0. The number of fused-ring (bicyclic) bond motifs is 1. The second-order valence-electron chi connectivity index (χ2n) is 3.52. The van der Waals surface area contributed by atoms with E-state index in [0.29, 0.717) is 18.1 Å². The molecule has 0 radical (unpaired) electrons. The molecule has 11 heavy (non-hydrogen) atoms. The van der Waals surface area contributed by atoms with E-state index >= 15 is 0 Å². The van der Waals surface area contributed by atoms with Gasteiger partial charge in [-0.15, -0.1) is 12.6 Å². The molecule has 1 heterocycles. The average molecular weight is 173 g/mol. The first-order valence-electron chi connectivity index (χ1n) is 4.21. The maximum atomic E-state index is 5.84. The van der Waals surface area contributed by atoms with E-state index in [1.165, 1.54) is 6.42 Å². The van der Waals surface area contributed by atoms with Gasteiger partial charge in [-0.05, 0) is 19.3 Å².